The van der Waals surface area contributed by atoms with Gasteiger partial charge in [-0.05, 0) is 19.8 Å². The summed E-state index contributed by atoms with van der Waals surface area (Å²) < 4.78 is 4.66. The summed E-state index contributed by atoms with van der Waals surface area (Å²) in [6, 6.07) is 0.622. The maximum atomic E-state index is 11.2. The summed E-state index contributed by atoms with van der Waals surface area (Å²) >= 11 is 0. The molecule has 3 heteroatoms. The Morgan fingerprint density at radius 1 is 1.24 bits per heavy atom. The average molecular weight is 239 g/mol. The van der Waals surface area contributed by atoms with Crippen LogP contribution >= 0.6 is 0 Å². The van der Waals surface area contributed by atoms with Crippen molar-refractivity contribution in [1.29, 1.82) is 0 Å². The second-order valence-corrected chi connectivity index (χ2v) is 4.83. The van der Waals surface area contributed by atoms with Crippen molar-refractivity contribution in [2.45, 2.75) is 57.9 Å². The van der Waals surface area contributed by atoms with E-state index in [-0.39, 0.29) is 5.97 Å². The summed E-state index contributed by atoms with van der Waals surface area (Å²) in [5, 5.41) is 3.52. The molecule has 0 bridgehead atoms. The molecule has 0 unspecified atom stereocenters. The molecule has 0 saturated heterocycles. The zero-order chi connectivity index (χ0) is 12.5. The predicted octanol–water partition coefficient (Wildman–Crippen LogP) is 2.81. The third-order valence-electron chi connectivity index (χ3n) is 3.43. The molecule has 1 N–H and O–H groups in total. The summed E-state index contributed by atoms with van der Waals surface area (Å²) in [5.74, 6) is -0.232. The van der Waals surface area contributed by atoms with Crippen LogP contribution in [-0.2, 0) is 9.53 Å². The van der Waals surface area contributed by atoms with Gasteiger partial charge in [-0.3, -0.25) is 0 Å². The molecule has 1 saturated carbocycles. The smallest absolute Gasteiger partial charge is 0.333 e. The number of esters is 1. The number of carbonyl (C=O) groups is 1. The van der Waals surface area contributed by atoms with Gasteiger partial charge in [0.05, 0.1) is 7.11 Å². The van der Waals surface area contributed by atoms with Crippen molar-refractivity contribution in [3.63, 3.8) is 0 Å². The lowest BCUT2D eigenvalue weighted by Crippen LogP contribution is -2.30. The number of ether oxygens (including phenoxy) is 1. The lowest BCUT2D eigenvalue weighted by Gasteiger charge is -2.20. The molecule has 0 aromatic heterocycles. The highest BCUT2D eigenvalue weighted by Crippen LogP contribution is 2.16. The molecule has 0 atom stereocenters. The van der Waals surface area contributed by atoms with E-state index in [1.54, 1.807) is 6.92 Å². The van der Waals surface area contributed by atoms with Crippen molar-refractivity contribution >= 4 is 5.97 Å². The summed E-state index contributed by atoms with van der Waals surface area (Å²) in [6.45, 7) is 2.57. The largest absolute Gasteiger partial charge is 0.466 e. The Morgan fingerprint density at radius 3 is 2.41 bits per heavy atom. The molecule has 0 aliphatic heterocycles. The second-order valence-electron chi connectivity index (χ2n) is 4.83. The van der Waals surface area contributed by atoms with Crippen LogP contribution in [-0.4, -0.2) is 25.7 Å². The predicted molar refractivity (Wildman–Crippen MR) is 69.9 cm³/mol. The van der Waals surface area contributed by atoms with Crippen molar-refractivity contribution in [3.05, 3.63) is 11.6 Å². The first-order valence-corrected chi connectivity index (χ1v) is 6.72. The SMILES string of the molecule is COC(=O)C(C)=CCNC1CCCCCCC1. The van der Waals surface area contributed by atoms with Gasteiger partial charge in [0.25, 0.3) is 0 Å². The minimum absolute atomic E-state index is 0.232. The maximum absolute atomic E-state index is 11.2. The fourth-order valence-corrected chi connectivity index (χ4v) is 2.28. The molecule has 0 amide bonds. The van der Waals surface area contributed by atoms with Gasteiger partial charge in [-0.1, -0.05) is 38.2 Å². The first kappa shape index (κ1) is 14.2. The van der Waals surface area contributed by atoms with E-state index in [4.69, 9.17) is 0 Å². The van der Waals surface area contributed by atoms with E-state index in [2.05, 4.69) is 10.1 Å². The molecular weight excluding hydrogens is 214 g/mol. The Hall–Kier alpha value is -0.830. The van der Waals surface area contributed by atoms with Gasteiger partial charge >= 0.3 is 5.97 Å². The second kappa shape index (κ2) is 8.29. The van der Waals surface area contributed by atoms with Gasteiger partial charge in [0.15, 0.2) is 0 Å². The van der Waals surface area contributed by atoms with Crippen molar-refractivity contribution in [1.82, 2.24) is 5.32 Å². The monoisotopic (exact) mass is 239 g/mol. The van der Waals surface area contributed by atoms with Gasteiger partial charge in [0.2, 0.25) is 0 Å². The van der Waals surface area contributed by atoms with Gasteiger partial charge in [-0.2, -0.15) is 0 Å². The van der Waals surface area contributed by atoms with Crippen molar-refractivity contribution in [2.24, 2.45) is 0 Å². The van der Waals surface area contributed by atoms with Crippen LogP contribution in [0.2, 0.25) is 0 Å². The minimum atomic E-state index is -0.232. The summed E-state index contributed by atoms with van der Waals surface area (Å²) in [6.07, 6.45) is 11.3. The summed E-state index contributed by atoms with van der Waals surface area (Å²) in [7, 11) is 1.42. The fourth-order valence-electron chi connectivity index (χ4n) is 2.28. The van der Waals surface area contributed by atoms with Gasteiger partial charge in [-0.25, -0.2) is 4.79 Å². The summed E-state index contributed by atoms with van der Waals surface area (Å²) in [4.78, 5) is 11.2. The lowest BCUT2D eigenvalue weighted by atomic mass is 9.97. The van der Waals surface area contributed by atoms with Crippen LogP contribution in [0.1, 0.15) is 51.9 Å². The zero-order valence-corrected chi connectivity index (χ0v) is 11.1. The lowest BCUT2D eigenvalue weighted by molar-refractivity contribution is -0.136. The first-order chi connectivity index (χ1) is 8.24. The van der Waals surface area contributed by atoms with E-state index in [0.29, 0.717) is 11.6 Å². The highest BCUT2D eigenvalue weighted by Gasteiger charge is 2.10. The quantitative estimate of drug-likeness (QED) is 0.605. The molecule has 0 radical (unpaired) electrons. The Bertz CT molecular complexity index is 253. The van der Waals surface area contributed by atoms with Crippen LogP contribution in [0.25, 0.3) is 0 Å². The normalized spacial score (nSPS) is 19.5. The molecule has 0 aromatic rings. The molecule has 0 heterocycles. The highest BCUT2D eigenvalue weighted by atomic mass is 16.5. The van der Waals surface area contributed by atoms with E-state index in [1.807, 2.05) is 6.08 Å². The van der Waals surface area contributed by atoms with Gasteiger partial charge in [0.1, 0.15) is 0 Å². The number of carbonyl (C=O) groups excluding carboxylic acids is 1. The number of nitrogens with one attached hydrogen (secondary N) is 1. The summed E-state index contributed by atoms with van der Waals surface area (Å²) in [5.41, 5.74) is 0.686. The molecule has 1 aliphatic carbocycles. The van der Waals surface area contributed by atoms with E-state index in [1.165, 1.54) is 52.1 Å². The van der Waals surface area contributed by atoms with Gasteiger partial charge < -0.3 is 10.1 Å². The standard InChI is InChI=1S/C14H25NO2/c1-12(14(16)17-2)10-11-15-13-8-6-4-3-5-7-9-13/h10,13,15H,3-9,11H2,1-2H3. The molecule has 1 aliphatic rings. The Balaban J connectivity index is 2.26. The van der Waals surface area contributed by atoms with Crippen LogP contribution in [0.3, 0.4) is 0 Å². The van der Waals surface area contributed by atoms with Gasteiger partial charge in [-0.15, -0.1) is 0 Å². The first-order valence-electron chi connectivity index (χ1n) is 6.72. The highest BCUT2D eigenvalue weighted by molar-refractivity contribution is 5.87. The average Bonchev–Trinajstić information content (AvgIpc) is 2.30. The Morgan fingerprint density at radius 2 is 1.82 bits per heavy atom. The molecule has 1 rings (SSSR count). The maximum Gasteiger partial charge on any atom is 0.333 e. The van der Waals surface area contributed by atoms with Crippen molar-refractivity contribution < 1.29 is 9.53 Å². The van der Waals surface area contributed by atoms with E-state index < -0.39 is 0 Å². The van der Waals surface area contributed by atoms with E-state index >= 15 is 0 Å². The Labute approximate surface area is 105 Å². The topological polar surface area (TPSA) is 38.3 Å². The third-order valence-corrected chi connectivity index (χ3v) is 3.43. The fraction of sp³-hybridized carbons (Fsp3) is 0.786. The van der Waals surface area contributed by atoms with E-state index in [0.717, 1.165) is 6.54 Å². The van der Waals surface area contributed by atoms with Crippen molar-refractivity contribution in [3.8, 4) is 0 Å². The number of methoxy groups -OCH3 is 1. The molecule has 3 nitrogen and oxygen atoms in total. The molecule has 0 aromatic carbocycles. The molecule has 17 heavy (non-hydrogen) atoms. The van der Waals surface area contributed by atoms with Crippen LogP contribution in [0, 0.1) is 0 Å². The van der Waals surface area contributed by atoms with Gasteiger partial charge in [0, 0.05) is 18.2 Å². The third kappa shape index (κ3) is 5.87. The van der Waals surface area contributed by atoms with Crippen LogP contribution in [0.5, 0.6) is 0 Å². The van der Waals surface area contributed by atoms with E-state index in [9.17, 15) is 4.79 Å². The van der Waals surface area contributed by atoms with Crippen LogP contribution in [0.4, 0.5) is 0 Å². The van der Waals surface area contributed by atoms with Crippen molar-refractivity contribution in [2.75, 3.05) is 13.7 Å². The Kier molecular flexibility index (Phi) is 6.94. The van der Waals surface area contributed by atoms with Crippen LogP contribution < -0.4 is 5.32 Å². The zero-order valence-electron chi connectivity index (χ0n) is 11.1. The number of rotatable bonds is 4. The molecular formula is C14H25NO2. The van der Waals surface area contributed by atoms with Crippen LogP contribution in [0.15, 0.2) is 11.6 Å². The number of hydrogen-bond acceptors (Lipinski definition) is 3. The molecule has 1 fully saturated rings. The minimum Gasteiger partial charge on any atom is -0.466 e. The molecule has 0 spiro atoms. The number of hydrogen-bond donors (Lipinski definition) is 1. The molecule has 98 valence electrons.